The summed E-state index contributed by atoms with van der Waals surface area (Å²) < 4.78 is 37.5. The van der Waals surface area contributed by atoms with Crippen LogP contribution in [0.2, 0.25) is 0 Å². The molecule has 106 valence electrons. The SMILES string of the molecule is CC(C)N(CC(F)(F)F)c1cc(C(N)=O)c(N)cn1. The van der Waals surface area contributed by atoms with Crippen molar-refractivity contribution in [3.05, 3.63) is 17.8 Å². The first-order chi connectivity index (χ1) is 8.61. The predicted octanol–water partition coefficient (Wildman–Crippen LogP) is 1.54. The minimum Gasteiger partial charge on any atom is -0.397 e. The van der Waals surface area contributed by atoms with Crippen LogP contribution in [0.1, 0.15) is 24.2 Å². The standard InChI is InChI=1S/C11H15F3N4O/c1-6(2)18(5-11(12,13)14)9-3-7(10(16)19)8(15)4-17-9/h3-4,6H,5,15H2,1-2H3,(H2,16,19). The largest absolute Gasteiger partial charge is 0.405 e. The predicted molar refractivity (Wildman–Crippen MR) is 65.7 cm³/mol. The lowest BCUT2D eigenvalue weighted by Gasteiger charge is -2.29. The first kappa shape index (κ1) is 15.1. The first-order valence-corrected chi connectivity index (χ1v) is 5.50. The van der Waals surface area contributed by atoms with E-state index in [1.54, 1.807) is 13.8 Å². The van der Waals surface area contributed by atoms with Gasteiger partial charge in [-0.05, 0) is 19.9 Å². The fraction of sp³-hybridized carbons (Fsp3) is 0.455. The molecule has 19 heavy (non-hydrogen) atoms. The maximum absolute atomic E-state index is 12.5. The van der Waals surface area contributed by atoms with Crippen LogP contribution in [0.4, 0.5) is 24.7 Å². The van der Waals surface area contributed by atoms with Gasteiger partial charge in [0.1, 0.15) is 12.4 Å². The van der Waals surface area contributed by atoms with Crippen molar-refractivity contribution in [1.29, 1.82) is 0 Å². The molecule has 5 nitrogen and oxygen atoms in total. The van der Waals surface area contributed by atoms with Gasteiger partial charge in [-0.2, -0.15) is 13.2 Å². The molecule has 0 aromatic carbocycles. The summed E-state index contributed by atoms with van der Waals surface area (Å²) in [4.78, 5) is 16.0. The highest BCUT2D eigenvalue weighted by molar-refractivity contribution is 5.98. The van der Waals surface area contributed by atoms with Gasteiger partial charge in [0.05, 0.1) is 17.4 Å². The molecule has 0 aliphatic rings. The van der Waals surface area contributed by atoms with Crippen LogP contribution in [0.25, 0.3) is 0 Å². The summed E-state index contributed by atoms with van der Waals surface area (Å²) >= 11 is 0. The van der Waals surface area contributed by atoms with Crippen LogP contribution in [0.3, 0.4) is 0 Å². The van der Waals surface area contributed by atoms with E-state index >= 15 is 0 Å². The number of carbonyl (C=O) groups is 1. The average molecular weight is 276 g/mol. The molecule has 0 fully saturated rings. The quantitative estimate of drug-likeness (QED) is 0.873. The molecule has 0 spiro atoms. The number of hydrogen-bond acceptors (Lipinski definition) is 4. The summed E-state index contributed by atoms with van der Waals surface area (Å²) in [6.07, 6.45) is -3.25. The lowest BCUT2D eigenvalue weighted by molar-refractivity contribution is -0.120. The molecule has 1 aromatic heterocycles. The van der Waals surface area contributed by atoms with E-state index in [0.717, 1.165) is 11.1 Å². The van der Waals surface area contributed by atoms with E-state index in [9.17, 15) is 18.0 Å². The number of amides is 1. The van der Waals surface area contributed by atoms with E-state index in [0.29, 0.717) is 0 Å². The molecule has 1 aromatic rings. The molecular formula is C11H15F3N4O. The van der Waals surface area contributed by atoms with Crippen LogP contribution >= 0.6 is 0 Å². The Bertz CT molecular complexity index is 473. The zero-order valence-corrected chi connectivity index (χ0v) is 10.5. The smallest absolute Gasteiger partial charge is 0.397 e. The van der Waals surface area contributed by atoms with E-state index < -0.39 is 24.7 Å². The third kappa shape index (κ3) is 4.01. The van der Waals surface area contributed by atoms with Crippen molar-refractivity contribution in [3.8, 4) is 0 Å². The summed E-state index contributed by atoms with van der Waals surface area (Å²) in [7, 11) is 0. The van der Waals surface area contributed by atoms with Crippen LogP contribution in [-0.4, -0.2) is 29.7 Å². The third-order valence-corrected chi connectivity index (χ3v) is 2.45. The van der Waals surface area contributed by atoms with Gasteiger partial charge >= 0.3 is 6.18 Å². The van der Waals surface area contributed by atoms with E-state index in [-0.39, 0.29) is 17.1 Å². The summed E-state index contributed by atoms with van der Waals surface area (Å²) in [6, 6.07) is 0.724. The van der Waals surface area contributed by atoms with Crippen LogP contribution < -0.4 is 16.4 Å². The van der Waals surface area contributed by atoms with E-state index in [2.05, 4.69) is 4.98 Å². The van der Waals surface area contributed by atoms with Gasteiger partial charge in [-0.25, -0.2) is 4.98 Å². The van der Waals surface area contributed by atoms with Crippen LogP contribution in [0.15, 0.2) is 12.3 Å². The molecular weight excluding hydrogens is 261 g/mol. The summed E-state index contributed by atoms with van der Waals surface area (Å²) in [5.41, 5.74) is 10.6. The molecule has 0 saturated heterocycles. The Labute approximate surface area is 108 Å². The van der Waals surface area contributed by atoms with Gasteiger partial charge < -0.3 is 16.4 Å². The van der Waals surface area contributed by atoms with Crippen molar-refractivity contribution in [2.75, 3.05) is 17.2 Å². The van der Waals surface area contributed by atoms with Crippen molar-refractivity contribution in [2.24, 2.45) is 5.73 Å². The molecule has 0 aliphatic heterocycles. The molecule has 4 N–H and O–H groups in total. The van der Waals surface area contributed by atoms with Crippen molar-refractivity contribution in [2.45, 2.75) is 26.1 Å². The molecule has 1 amide bonds. The van der Waals surface area contributed by atoms with E-state index in [1.807, 2.05) is 0 Å². The monoisotopic (exact) mass is 276 g/mol. The summed E-state index contributed by atoms with van der Waals surface area (Å²) in [6.45, 7) is 2.02. The Morgan fingerprint density at radius 3 is 2.47 bits per heavy atom. The number of anilines is 2. The number of pyridine rings is 1. The van der Waals surface area contributed by atoms with Gasteiger partial charge in [0.2, 0.25) is 0 Å². The Morgan fingerprint density at radius 2 is 2.05 bits per heavy atom. The van der Waals surface area contributed by atoms with E-state index in [1.165, 1.54) is 6.07 Å². The number of primary amides is 1. The van der Waals surface area contributed by atoms with Gasteiger partial charge in [0, 0.05) is 6.04 Å². The second-order valence-electron chi connectivity index (χ2n) is 4.33. The number of halogens is 3. The molecule has 0 aliphatic carbocycles. The fourth-order valence-corrected chi connectivity index (χ4v) is 1.55. The van der Waals surface area contributed by atoms with Gasteiger partial charge in [-0.15, -0.1) is 0 Å². The zero-order chi connectivity index (χ0) is 14.8. The Morgan fingerprint density at radius 1 is 1.47 bits per heavy atom. The van der Waals surface area contributed by atoms with Gasteiger partial charge in [-0.1, -0.05) is 0 Å². The Hall–Kier alpha value is -1.99. The third-order valence-electron chi connectivity index (χ3n) is 2.45. The number of rotatable bonds is 4. The number of nitrogens with two attached hydrogens (primary N) is 2. The van der Waals surface area contributed by atoms with Crippen molar-refractivity contribution >= 4 is 17.4 Å². The molecule has 1 heterocycles. The topological polar surface area (TPSA) is 85.2 Å². The highest BCUT2D eigenvalue weighted by Crippen LogP contribution is 2.24. The van der Waals surface area contributed by atoms with Crippen molar-refractivity contribution in [1.82, 2.24) is 4.98 Å². The normalized spacial score (nSPS) is 11.7. The van der Waals surface area contributed by atoms with Crippen LogP contribution in [-0.2, 0) is 0 Å². The Balaban J connectivity index is 3.17. The number of hydrogen-bond donors (Lipinski definition) is 2. The maximum atomic E-state index is 12.5. The lowest BCUT2D eigenvalue weighted by Crippen LogP contribution is -2.39. The number of aromatic nitrogens is 1. The summed E-state index contributed by atoms with van der Waals surface area (Å²) in [5, 5.41) is 0. The van der Waals surface area contributed by atoms with E-state index in [4.69, 9.17) is 11.5 Å². The minimum atomic E-state index is -4.37. The number of nitrogen functional groups attached to an aromatic ring is 1. The van der Waals surface area contributed by atoms with Crippen molar-refractivity contribution < 1.29 is 18.0 Å². The molecule has 8 heteroatoms. The number of nitrogens with zero attached hydrogens (tertiary/aromatic N) is 2. The van der Waals surface area contributed by atoms with Gasteiger partial charge in [-0.3, -0.25) is 4.79 Å². The molecule has 0 bridgehead atoms. The van der Waals surface area contributed by atoms with Crippen molar-refractivity contribution in [3.63, 3.8) is 0 Å². The number of alkyl halides is 3. The zero-order valence-electron chi connectivity index (χ0n) is 10.5. The second kappa shape index (κ2) is 5.33. The molecule has 0 radical (unpaired) electrons. The average Bonchev–Trinajstić information content (AvgIpc) is 2.25. The molecule has 0 unspecified atom stereocenters. The van der Waals surface area contributed by atoms with Gasteiger partial charge in [0.25, 0.3) is 5.91 Å². The highest BCUT2D eigenvalue weighted by atomic mass is 19.4. The second-order valence-corrected chi connectivity index (χ2v) is 4.33. The maximum Gasteiger partial charge on any atom is 0.405 e. The molecule has 1 rings (SSSR count). The lowest BCUT2D eigenvalue weighted by atomic mass is 10.2. The van der Waals surface area contributed by atoms with Crippen LogP contribution in [0, 0.1) is 0 Å². The highest BCUT2D eigenvalue weighted by Gasteiger charge is 2.32. The first-order valence-electron chi connectivity index (χ1n) is 5.50. The fourth-order valence-electron chi connectivity index (χ4n) is 1.55. The van der Waals surface area contributed by atoms with Gasteiger partial charge in [0.15, 0.2) is 0 Å². The molecule has 0 saturated carbocycles. The molecule has 0 atom stereocenters. The minimum absolute atomic E-state index is 0.00956. The summed E-state index contributed by atoms with van der Waals surface area (Å²) in [5.74, 6) is -0.799. The van der Waals surface area contributed by atoms with Crippen LogP contribution in [0.5, 0.6) is 0 Å². The Kier molecular flexibility index (Phi) is 4.23. The number of carbonyl (C=O) groups excluding carboxylic acids is 1.